The topological polar surface area (TPSA) is 0 Å². The van der Waals surface area contributed by atoms with Crippen molar-refractivity contribution in [2.45, 2.75) is 0 Å². The minimum Gasteiger partial charge on any atom is -0.207 e. The zero-order valence-corrected chi connectivity index (χ0v) is 8.28. The molecule has 5 heteroatoms. The maximum absolute atomic E-state index is 13.4. The molecule has 0 radical (unpaired) electrons. The quantitative estimate of drug-likeness (QED) is 0.524. The van der Waals surface area contributed by atoms with Crippen LogP contribution < -0.4 is 0 Å². The van der Waals surface area contributed by atoms with E-state index in [-0.39, 0.29) is 11.6 Å². The Balaban J connectivity index is 2.75. The van der Waals surface area contributed by atoms with Gasteiger partial charge in [0.2, 0.25) is 0 Å². The third-order valence-electron chi connectivity index (χ3n) is 2.23. The average molecular weight is 244 g/mol. The van der Waals surface area contributed by atoms with Gasteiger partial charge in [-0.1, -0.05) is 12.1 Å². The van der Waals surface area contributed by atoms with Crippen molar-refractivity contribution in [2.24, 2.45) is 0 Å². The smallest absolute Gasteiger partial charge is 0.169 e. The lowest BCUT2D eigenvalue weighted by Crippen LogP contribution is -1.98. The molecule has 0 saturated carbocycles. The molecule has 0 spiro atoms. The van der Waals surface area contributed by atoms with Crippen molar-refractivity contribution in [1.82, 2.24) is 0 Å². The largest absolute Gasteiger partial charge is 0.207 e. The molecule has 0 aliphatic heterocycles. The lowest BCUT2D eigenvalue weighted by molar-refractivity contribution is 0.458. The molecule has 0 aliphatic rings. The van der Waals surface area contributed by atoms with Crippen LogP contribution >= 0.6 is 0 Å². The summed E-state index contributed by atoms with van der Waals surface area (Å²) in [5.41, 5.74) is -1.18. The van der Waals surface area contributed by atoms with E-state index < -0.39 is 34.6 Å². The van der Waals surface area contributed by atoms with Crippen LogP contribution in [0.5, 0.6) is 0 Å². The van der Waals surface area contributed by atoms with Crippen LogP contribution in [0.2, 0.25) is 0 Å². The zero-order valence-electron chi connectivity index (χ0n) is 8.28. The average Bonchev–Trinajstić information content (AvgIpc) is 2.27. The Labute approximate surface area is 93.3 Å². The van der Waals surface area contributed by atoms with Crippen molar-refractivity contribution in [3.63, 3.8) is 0 Å². The fourth-order valence-corrected chi connectivity index (χ4v) is 1.47. The molecular weight excluding hydrogens is 239 g/mol. The van der Waals surface area contributed by atoms with Crippen LogP contribution in [0.4, 0.5) is 22.0 Å². The summed E-state index contributed by atoms with van der Waals surface area (Å²) in [7, 11) is 0. The van der Waals surface area contributed by atoms with Crippen LogP contribution in [0, 0.1) is 29.1 Å². The highest BCUT2D eigenvalue weighted by Gasteiger charge is 2.20. The molecule has 0 saturated heterocycles. The maximum atomic E-state index is 13.4. The molecule has 2 aromatic carbocycles. The molecular formula is C12H5F5. The summed E-state index contributed by atoms with van der Waals surface area (Å²) in [5, 5.41) is 0. The predicted octanol–water partition coefficient (Wildman–Crippen LogP) is 4.05. The van der Waals surface area contributed by atoms with E-state index in [2.05, 4.69) is 0 Å². The Kier molecular flexibility index (Phi) is 2.83. The summed E-state index contributed by atoms with van der Waals surface area (Å²) in [5.74, 6) is -6.90. The first-order valence-electron chi connectivity index (χ1n) is 4.59. The van der Waals surface area contributed by atoms with Gasteiger partial charge in [-0.25, -0.2) is 22.0 Å². The molecule has 0 aromatic heterocycles. The highest BCUT2D eigenvalue weighted by molar-refractivity contribution is 5.65. The van der Waals surface area contributed by atoms with Crippen LogP contribution in [0.3, 0.4) is 0 Å². The Morgan fingerprint density at radius 1 is 0.706 bits per heavy atom. The molecule has 0 amide bonds. The molecule has 0 bridgehead atoms. The summed E-state index contributed by atoms with van der Waals surface area (Å²) in [4.78, 5) is 0. The van der Waals surface area contributed by atoms with Crippen LogP contribution in [0.25, 0.3) is 11.1 Å². The second-order valence-electron chi connectivity index (χ2n) is 3.35. The van der Waals surface area contributed by atoms with Gasteiger partial charge in [0.1, 0.15) is 5.82 Å². The van der Waals surface area contributed by atoms with E-state index in [4.69, 9.17) is 0 Å². The van der Waals surface area contributed by atoms with E-state index in [1.807, 2.05) is 0 Å². The standard InChI is InChI=1S/C12H5F5/c13-7-3-1-2-6(4-7)10-11(16)8(14)5-9(15)12(10)17/h1-5H. The van der Waals surface area contributed by atoms with Gasteiger partial charge in [-0.2, -0.15) is 0 Å². The molecule has 2 rings (SSSR count). The van der Waals surface area contributed by atoms with E-state index in [1.54, 1.807) is 0 Å². The Morgan fingerprint density at radius 3 is 1.82 bits per heavy atom. The number of halogens is 5. The molecule has 88 valence electrons. The van der Waals surface area contributed by atoms with E-state index in [1.165, 1.54) is 6.07 Å². The number of benzene rings is 2. The Hall–Kier alpha value is -1.91. The van der Waals surface area contributed by atoms with E-state index in [0.29, 0.717) is 0 Å². The van der Waals surface area contributed by atoms with Crippen LogP contribution in [0.1, 0.15) is 0 Å². The predicted molar refractivity (Wildman–Crippen MR) is 51.7 cm³/mol. The number of hydrogen-bond acceptors (Lipinski definition) is 0. The van der Waals surface area contributed by atoms with Gasteiger partial charge < -0.3 is 0 Å². The highest BCUT2D eigenvalue weighted by Crippen LogP contribution is 2.29. The molecule has 0 nitrogen and oxygen atoms in total. The van der Waals surface area contributed by atoms with Gasteiger partial charge in [-0.3, -0.25) is 0 Å². The summed E-state index contributed by atoms with van der Waals surface area (Å²) in [6.07, 6.45) is 0. The third kappa shape index (κ3) is 2.00. The van der Waals surface area contributed by atoms with Crippen molar-refractivity contribution in [3.8, 4) is 11.1 Å². The molecule has 0 atom stereocenters. The summed E-state index contributed by atoms with van der Waals surface area (Å²) < 4.78 is 65.5. The van der Waals surface area contributed by atoms with Crippen molar-refractivity contribution < 1.29 is 22.0 Å². The summed E-state index contributed by atoms with van der Waals surface area (Å²) in [6.45, 7) is 0. The minimum atomic E-state index is -1.55. The normalized spacial score (nSPS) is 10.6. The lowest BCUT2D eigenvalue weighted by Gasteiger charge is -2.07. The molecule has 0 heterocycles. The second kappa shape index (κ2) is 4.16. The molecule has 0 aliphatic carbocycles. The van der Waals surface area contributed by atoms with Crippen molar-refractivity contribution in [3.05, 3.63) is 59.4 Å². The van der Waals surface area contributed by atoms with Gasteiger partial charge in [-0.05, 0) is 17.7 Å². The van der Waals surface area contributed by atoms with Crippen molar-refractivity contribution >= 4 is 0 Å². The van der Waals surface area contributed by atoms with Gasteiger partial charge in [-0.15, -0.1) is 0 Å². The number of hydrogen-bond donors (Lipinski definition) is 0. The monoisotopic (exact) mass is 244 g/mol. The van der Waals surface area contributed by atoms with Crippen molar-refractivity contribution in [1.29, 1.82) is 0 Å². The third-order valence-corrected chi connectivity index (χ3v) is 2.23. The van der Waals surface area contributed by atoms with Crippen LogP contribution in [-0.2, 0) is 0 Å². The first kappa shape index (κ1) is 11.6. The lowest BCUT2D eigenvalue weighted by atomic mass is 10.0. The zero-order chi connectivity index (χ0) is 12.6. The molecule has 2 aromatic rings. The molecule has 0 fully saturated rings. The Bertz CT molecular complexity index is 551. The molecule has 0 unspecified atom stereocenters. The maximum Gasteiger partial charge on any atom is 0.169 e. The molecule has 0 N–H and O–H groups in total. The van der Waals surface area contributed by atoms with Gasteiger partial charge in [0.05, 0.1) is 5.56 Å². The van der Waals surface area contributed by atoms with E-state index >= 15 is 0 Å². The number of rotatable bonds is 1. The van der Waals surface area contributed by atoms with E-state index in [9.17, 15) is 22.0 Å². The van der Waals surface area contributed by atoms with Gasteiger partial charge in [0.25, 0.3) is 0 Å². The SMILES string of the molecule is Fc1cccc(-c2c(F)c(F)cc(F)c2F)c1. The van der Waals surface area contributed by atoms with Gasteiger partial charge >= 0.3 is 0 Å². The van der Waals surface area contributed by atoms with Gasteiger partial charge in [0, 0.05) is 6.07 Å². The fourth-order valence-electron chi connectivity index (χ4n) is 1.47. The van der Waals surface area contributed by atoms with Crippen LogP contribution in [0.15, 0.2) is 30.3 Å². The van der Waals surface area contributed by atoms with Crippen molar-refractivity contribution in [2.75, 3.05) is 0 Å². The Morgan fingerprint density at radius 2 is 1.29 bits per heavy atom. The van der Waals surface area contributed by atoms with E-state index in [0.717, 1.165) is 18.2 Å². The first-order chi connectivity index (χ1) is 8.00. The highest BCUT2D eigenvalue weighted by atomic mass is 19.2. The first-order valence-corrected chi connectivity index (χ1v) is 4.59. The summed E-state index contributed by atoms with van der Waals surface area (Å²) in [6, 6.07) is 4.29. The summed E-state index contributed by atoms with van der Waals surface area (Å²) >= 11 is 0. The fraction of sp³-hybridized carbons (Fsp3) is 0. The second-order valence-corrected chi connectivity index (χ2v) is 3.35. The minimum absolute atomic E-state index is 0.105. The van der Waals surface area contributed by atoms with Crippen LogP contribution in [-0.4, -0.2) is 0 Å². The van der Waals surface area contributed by atoms with Gasteiger partial charge in [0.15, 0.2) is 23.3 Å². The molecule has 17 heavy (non-hydrogen) atoms.